The van der Waals surface area contributed by atoms with Crippen LogP contribution in [0.2, 0.25) is 0 Å². The number of amides is 2. The van der Waals surface area contributed by atoms with E-state index in [1.807, 2.05) is 0 Å². The number of nitrogens with zero attached hydrogens (tertiary/aromatic N) is 1. The normalized spacial score (nSPS) is 10.5. The molecule has 0 aliphatic heterocycles. The minimum Gasteiger partial charge on any atom is -0.465 e. The van der Waals surface area contributed by atoms with Gasteiger partial charge < -0.3 is 14.8 Å². The van der Waals surface area contributed by atoms with Gasteiger partial charge in [-0.3, -0.25) is 14.9 Å². The predicted octanol–water partition coefficient (Wildman–Crippen LogP) is 4.37. The number of esters is 2. The lowest BCUT2D eigenvalue weighted by Gasteiger charge is -2.06. The first-order valence-corrected chi connectivity index (χ1v) is 11.1. The number of benzene rings is 3. The summed E-state index contributed by atoms with van der Waals surface area (Å²) in [5.74, 6) is -1.67. The summed E-state index contributed by atoms with van der Waals surface area (Å²) in [6, 6.07) is 17.4. The number of aromatic nitrogens is 1. The van der Waals surface area contributed by atoms with Crippen LogP contribution in [0.1, 0.15) is 41.4 Å². The van der Waals surface area contributed by atoms with Gasteiger partial charge in [0.2, 0.25) is 0 Å². The number of carbonyl (C=O) groups excluding carboxylic acids is 4. The molecule has 3 aromatic carbocycles. The average Bonchev–Trinajstić information content (AvgIpc) is 3.29. The van der Waals surface area contributed by atoms with Gasteiger partial charge in [-0.2, -0.15) is 0 Å². The van der Waals surface area contributed by atoms with E-state index < -0.39 is 11.9 Å². The van der Waals surface area contributed by atoms with E-state index in [0.29, 0.717) is 38.6 Å². The smallest absolute Gasteiger partial charge is 0.337 e. The molecule has 0 fully saturated rings. The summed E-state index contributed by atoms with van der Waals surface area (Å²) in [6.07, 6.45) is 0. The Morgan fingerprint density at radius 1 is 0.686 bits per heavy atom. The fourth-order valence-corrected chi connectivity index (χ4v) is 4.08. The van der Waals surface area contributed by atoms with Crippen LogP contribution in [0.25, 0.3) is 10.2 Å². The summed E-state index contributed by atoms with van der Waals surface area (Å²) in [6.45, 7) is 0. The highest BCUT2D eigenvalue weighted by atomic mass is 32.1. The minimum atomic E-state index is -0.482. The monoisotopic (exact) mass is 489 g/mol. The van der Waals surface area contributed by atoms with E-state index >= 15 is 0 Å². The molecule has 0 saturated heterocycles. The van der Waals surface area contributed by atoms with Crippen molar-refractivity contribution in [1.82, 2.24) is 4.98 Å². The van der Waals surface area contributed by atoms with Gasteiger partial charge in [0, 0.05) is 16.8 Å². The van der Waals surface area contributed by atoms with Crippen LogP contribution in [0.15, 0.2) is 66.7 Å². The molecule has 2 N–H and O–H groups in total. The second-order valence-electron chi connectivity index (χ2n) is 7.25. The first-order valence-electron chi connectivity index (χ1n) is 10.3. The van der Waals surface area contributed by atoms with Crippen LogP contribution in [0, 0.1) is 0 Å². The molecule has 0 radical (unpaired) electrons. The summed E-state index contributed by atoms with van der Waals surface area (Å²) in [5, 5.41) is 5.94. The van der Waals surface area contributed by atoms with Gasteiger partial charge in [0.25, 0.3) is 11.8 Å². The number of carbonyl (C=O) groups is 4. The van der Waals surface area contributed by atoms with Crippen molar-refractivity contribution < 1.29 is 28.7 Å². The Balaban J connectivity index is 1.44. The van der Waals surface area contributed by atoms with E-state index in [0.717, 1.165) is 4.70 Å². The minimum absolute atomic E-state index is 0.339. The van der Waals surface area contributed by atoms with E-state index in [1.165, 1.54) is 74.1 Å². The zero-order chi connectivity index (χ0) is 24.9. The highest BCUT2D eigenvalue weighted by Gasteiger charge is 2.13. The van der Waals surface area contributed by atoms with E-state index in [4.69, 9.17) is 0 Å². The molecule has 0 unspecified atom stereocenters. The Morgan fingerprint density at radius 3 is 1.69 bits per heavy atom. The number of nitrogens with one attached hydrogen (secondary N) is 2. The summed E-state index contributed by atoms with van der Waals surface area (Å²) >= 11 is 1.26. The lowest BCUT2D eigenvalue weighted by atomic mass is 10.1. The lowest BCUT2D eigenvalue weighted by molar-refractivity contribution is 0.0592. The number of ether oxygens (including phenoxy) is 2. The molecule has 4 aromatic rings. The maximum absolute atomic E-state index is 12.6. The Kier molecular flexibility index (Phi) is 6.83. The summed E-state index contributed by atoms with van der Waals surface area (Å²) < 4.78 is 10.1. The number of thiazole rings is 1. The molecule has 176 valence electrons. The fourth-order valence-electron chi connectivity index (χ4n) is 3.18. The molecule has 0 spiro atoms. The van der Waals surface area contributed by atoms with Crippen molar-refractivity contribution in [2.75, 3.05) is 24.9 Å². The first-order chi connectivity index (χ1) is 16.9. The molecule has 0 atom stereocenters. The third kappa shape index (κ3) is 5.33. The highest BCUT2D eigenvalue weighted by molar-refractivity contribution is 7.22. The van der Waals surface area contributed by atoms with Crippen LogP contribution in [0.4, 0.5) is 10.8 Å². The van der Waals surface area contributed by atoms with Crippen molar-refractivity contribution in [3.05, 3.63) is 89.0 Å². The van der Waals surface area contributed by atoms with Crippen molar-refractivity contribution in [1.29, 1.82) is 0 Å². The Morgan fingerprint density at radius 2 is 1.17 bits per heavy atom. The quantitative estimate of drug-likeness (QED) is 0.385. The van der Waals surface area contributed by atoms with Gasteiger partial charge in [-0.25, -0.2) is 14.6 Å². The molecule has 0 saturated carbocycles. The molecule has 2 amide bonds. The van der Waals surface area contributed by atoms with Crippen molar-refractivity contribution >= 4 is 56.1 Å². The number of methoxy groups -OCH3 is 2. The molecule has 0 aliphatic rings. The zero-order valence-electron chi connectivity index (χ0n) is 18.7. The van der Waals surface area contributed by atoms with Crippen molar-refractivity contribution in [2.24, 2.45) is 0 Å². The molecular formula is C25H19N3O6S. The van der Waals surface area contributed by atoms with Gasteiger partial charge >= 0.3 is 11.9 Å². The summed E-state index contributed by atoms with van der Waals surface area (Å²) in [5.41, 5.74) is 2.66. The number of anilines is 2. The fraction of sp³-hybridized carbons (Fsp3) is 0.0800. The van der Waals surface area contributed by atoms with Crippen LogP contribution >= 0.6 is 11.3 Å². The van der Waals surface area contributed by atoms with Gasteiger partial charge in [-0.15, -0.1) is 0 Å². The van der Waals surface area contributed by atoms with Crippen molar-refractivity contribution in [3.63, 3.8) is 0 Å². The third-order valence-corrected chi connectivity index (χ3v) is 5.94. The van der Waals surface area contributed by atoms with E-state index in [2.05, 4.69) is 25.1 Å². The molecule has 0 bridgehead atoms. The van der Waals surface area contributed by atoms with Crippen LogP contribution < -0.4 is 10.6 Å². The van der Waals surface area contributed by atoms with Gasteiger partial charge in [-0.05, 0) is 66.7 Å². The van der Waals surface area contributed by atoms with Crippen LogP contribution in [0.5, 0.6) is 0 Å². The van der Waals surface area contributed by atoms with Gasteiger partial charge in [0.05, 0.1) is 35.6 Å². The second-order valence-corrected chi connectivity index (χ2v) is 8.28. The molecular weight excluding hydrogens is 470 g/mol. The lowest BCUT2D eigenvalue weighted by Crippen LogP contribution is -2.12. The molecule has 4 rings (SSSR count). The van der Waals surface area contributed by atoms with Crippen LogP contribution in [0.3, 0.4) is 0 Å². The Labute approximate surface area is 203 Å². The van der Waals surface area contributed by atoms with Gasteiger partial charge in [0.1, 0.15) is 0 Å². The maximum atomic E-state index is 12.6. The summed E-state index contributed by atoms with van der Waals surface area (Å²) in [4.78, 5) is 52.6. The number of hydrogen-bond donors (Lipinski definition) is 2. The SMILES string of the molecule is COC(=O)c1ccc(C(=O)Nc2ccc3nc(NC(=O)c4ccc(C(=O)OC)cc4)sc3c2)cc1. The van der Waals surface area contributed by atoms with E-state index in [-0.39, 0.29) is 11.8 Å². The average molecular weight is 490 g/mol. The van der Waals surface area contributed by atoms with Crippen LogP contribution in [-0.4, -0.2) is 43.0 Å². The molecule has 0 aliphatic carbocycles. The van der Waals surface area contributed by atoms with Crippen molar-refractivity contribution in [3.8, 4) is 0 Å². The number of fused-ring (bicyclic) bond motifs is 1. The second kappa shape index (κ2) is 10.1. The molecule has 9 nitrogen and oxygen atoms in total. The molecule has 1 aromatic heterocycles. The molecule has 10 heteroatoms. The Hall–Kier alpha value is -4.57. The van der Waals surface area contributed by atoms with Gasteiger partial charge in [0.15, 0.2) is 5.13 Å². The highest BCUT2D eigenvalue weighted by Crippen LogP contribution is 2.29. The number of hydrogen-bond acceptors (Lipinski definition) is 8. The topological polar surface area (TPSA) is 124 Å². The largest absolute Gasteiger partial charge is 0.465 e. The van der Waals surface area contributed by atoms with E-state index in [9.17, 15) is 19.2 Å². The third-order valence-electron chi connectivity index (χ3n) is 5.00. The Bertz CT molecular complexity index is 1360. The maximum Gasteiger partial charge on any atom is 0.337 e. The predicted molar refractivity (Wildman–Crippen MR) is 131 cm³/mol. The zero-order valence-corrected chi connectivity index (χ0v) is 19.5. The van der Waals surface area contributed by atoms with E-state index in [1.54, 1.807) is 18.2 Å². The van der Waals surface area contributed by atoms with Crippen LogP contribution in [-0.2, 0) is 9.47 Å². The van der Waals surface area contributed by atoms with Crippen molar-refractivity contribution in [2.45, 2.75) is 0 Å². The molecule has 35 heavy (non-hydrogen) atoms. The molecule has 1 heterocycles. The number of rotatable bonds is 6. The first kappa shape index (κ1) is 23.6. The standard InChI is InChI=1S/C25H19N3O6S/c1-33-23(31)16-7-3-14(4-8-16)21(29)26-18-11-12-19-20(13-18)35-25(27-19)28-22(30)15-5-9-17(10-6-15)24(32)34-2/h3-13H,1-2H3,(H,26,29)(H,27,28,30). The summed E-state index contributed by atoms with van der Waals surface area (Å²) in [7, 11) is 2.58. The van der Waals surface area contributed by atoms with Gasteiger partial charge in [-0.1, -0.05) is 11.3 Å².